The molecule has 1 nitrogen and oxygen atoms in total. The second kappa shape index (κ2) is 5.47. The lowest BCUT2D eigenvalue weighted by Gasteiger charge is -2.16. The quantitative estimate of drug-likeness (QED) is 0.817. The van der Waals surface area contributed by atoms with Crippen molar-refractivity contribution in [2.24, 2.45) is 0 Å². The Kier molecular flexibility index (Phi) is 4.55. The van der Waals surface area contributed by atoms with Crippen molar-refractivity contribution in [2.75, 3.05) is 7.05 Å². The van der Waals surface area contributed by atoms with Gasteiger partial charge >= 0.3 is 0 Å². The molecule has 1 rings (SSSR count). The highest BCUT2D eigenvalue weighted by molar-refractivity contribution is 9.10. The maximum Gasteiger partial charge on any atom is 0.0517 e. The predicted octanol–water partition coefficient (Wildman–Crippen LogP) is 3.98. The van der Waals surface area contributed by atoms with Gasteiger partial charge in [0.1, 0.15) is 0 Å². The Morgan fingerprint density at radius 3 is 2.60 bits per heavy atom. The van der Waals surface area contributed by atoms with Crippen LogP contribution in [0.1, 0.15) is 31.0 Å². The molecule has 0 aliphatic heterocycles. The molecular weight excluding hydrogens is 250 g/mol. The number of allylic oxidation sites excluding steroid dienone is 1. The van der Waals surface area contributed by atoms with Crippen LogP contribution in [-0.2, 0) is 0 Å². The van der Waals surface area contributed by atoms with Gasteiger partial charge in [-0.2, -0.15) is 0 Å². The first-order valence-corrected chi connectivity index (χ1v) is 5.93. The van der Waals surface area contributed by atoms with Crippen LogP contribution in [0.2, 0.25) is 0 Å². The Bertz CT molecular complexity index is 365. The highest BCUT2D eigenvalue weighted by atomic mass is 79.9. The summed E-state index contributed by atoms with van der Waals surface area (Å²) in [4.78, 5) is 0. The van der Waals surface area contributed by atoms with E-state index in [1.165, 1.54) is 21.2 Å². The molecule has 1 aromatic carbocycles. The third-order valence-electron chi connectivity index (χ3n) is 2.37. The van der Waals surface area contributed by atoms with Gasteiger partial charge in [-0.1, -0.05) is 45.8 Å². The highest BCUT2D eigenvalue weighted by Gasteiger charge is 2.10. The molecule has 0 heterocycles. The Morgan fingerprint density at radius 1 is 1.40 bits per heavy atom. The topological polar surface area (TPSA) is 12.0 Å². The van der Waals surface area contributed by atoms with Crippen LogP contribution in [0.3, 0.4) is 0 Å². The van der Waals surface area contributed by atoms with Crippen molar-refractivity contribution in [3.63, 3.8) is 0 Å². The van der Waals surface area contributed by atoms with E-state index in [9.17, 15) is 0 Å². The molecule has 0 fully saturated rings. The predicted molar refractivity (Wildman–Crippen MR) is 70.1 cm³/mol. The van der Waals surface area contributed by atoms with Crippen molar-refractivity contribution in [3.8, 4) is 0 Å². The van der Waals surface area contributed by atoms with Gasteiger partial charge in [0.2, 0.25) is 0 Å². The molecule has 0 saturated carbocycles. The number of benzene rings is 1. The number of aryl methyl sites for hydroxylation is 1. The molecule has 15 heavy (non-hydrogen) atoms. The van der Waals surface area contributed by atoms with Crippen molar-refractivity contribution < 1.29 is 0 Å². The fourth-order valence-corrected chi connectivity index (χ4v) is 2.08. The van der Waals surface area contributed by atoms with Gasteiger partial charge in [-0.25, -0.2) is 0 Å². The number of nitrogens with one attached hydrogen (secondary N) is 1. The van der Waals surface area contributed by atoms with Crippen LogP contribution < -0.4 is 5.32 Å². The number of hydrogen-bond donors (Lipinski definition) is 1. The van der Waals surface area contributed by atoms with Gasteiger partial charge in [-0.15, -0.1) is 0 Å². The Labute approximate surface area is 101 Å². The second-order valence-corrected chi connectivity index (χ2v) is 4.78. The zero-order valence-electron chi connectivity index (χ0n) is 9.76. The number of likely N-dealkylation sites (N-methyl/N-ethyl adjacent to an activating group) is 1. The van der Waals surface area contributed by atoms with Gasteiger partial charge in [0.15, 0.2) is 0 Å². The van der Waals surface area contributed by atoms with Crippen molar-refractivity contribution in [1.29, 1.82) is 0 Å². The van der Waals surface area contributed by atoms with Crippen LogP contribution in [-0.4, -0.2) is 7.05 Å². The molecule has 82 valence electrons. The van der Waals surface area contributed by atoms with Crippen molar-refractivity contribution >= 4 is 15.9 Å². The smallest absolute Gasteiger partial charge is 0.0517 e. The first-order chi connectivity index (χ1) is 7.06. The van der Waals surface area contributed by atoms with E-state index in [4.69, 9.17) is 0 Å². The van der Waals surface area contributed by atoms with Crippen LogP contribution in [0, 0.1) is 6.92 Å². The molecule has 0 amide bonds. The SMILES string of the molecule is CNC(C=C(C)C)c1cccc(C)c1Br. The number of hydrogen-bond acceptors (Lipinski definition) is 1. The molecule has 0 aliphatic rings. The van der Waals surface area contributed by atoms with Gasteiger partial charge in [0.05, 0.1) is 6.04 Å². The Hall–Kier alpha value is -0.600. The largest absolute Gasteiger partial charge is 0.310 e. The summed E-state index contributed by atoms with van der Waals surface area (Å²) in [7, 11) is 1.98. The summed E-state index contributed by atoms with van der Waals surface area (Å²) in [6.45, 7) is 6.35. The molecule has 0 saturated heterocycles. The normalized spacial score (nSPS) is 12.3. The van der Waals surface area contributed by atoms with Crippen LogP contribution in [0.15, 0.2) is 34.3 Å². The van der Waals surface area contributed by atoms with Gasteiger partial charge in [-0.05, 0) is 38.9 Å². The molecule has 0 bridgehead atoms. The van der Waals surface area contributed by atoms with Crippen LogP contribution in [0.25, 0.3) is 0 Å². The van der Waals surface area contributed by atoms with E-state index in [0.717, 1.165) is 0 Å². The fraction of sp³-hybridized carbons (Fsp3) is 0.385. The van der Waals surface area contributed by atoms with Crippen molar-refractivity contribution in [1.82, 2.24) is 5.32 Å². The molecule has 1 N–H and O–H groups in total. The first kappa shape index (κ1) is 12.5. The standard InChI is InChI=1S/C13H18BrN/c1-9(2)8-12(15-4)11-7-5-6-10(3)13(11)14/h5-8,12,15H,1-4H3. The monoisotopic (exact) mass is 267 g/mol. The van der Waals surface area contributed by atoms with Crippen LogP contribution in [0.5, 0.6) is 0 Å². The molecule has 1 aromatic rings. The average Bonchev–Trinajstić information content (AvgIpc) is 2.19. The lowest BCUT2D eigenvalue weighted by molar-refractivity contribution is 0.706. The third-order valence-corrected chi connectivity index (χ3v) is 3.45. The number of halogens is 1. The lowest BCUT2D eigenvalue weighted by Crippen LogP contribution is -2.15. The minimum atomic E-state index is 0.282. The summed E-state index contributed by atoms with van der Waals surface area (Å²) in [5.41, 5.74) is 3.89. The van der Waals surface area contributed by atoms with Crippen LogP contribution >= 0.6 is 15.9 Å². The van der Waals surface area contributed by atoms with E-state index in [1.54, 1.807) is 0 Å². The van der Waals surface area contributed by atoms with Gasteiger partial charge in [0, 0.05) is 4.47 Å². The maximum atomic E-state index is 3.64. The Morgan fingerprint density at radius 2 is 2.07 bits per heavy atom. The van der Waals surface area contributed by atoms with Crippen molar-refractivity contribution in [2.45, 2.75) is 26.8 Å². The summed E-state index contributed by atoms with van der Waals surface area (Å²) < 4.78 is 1.20. The highest BCUT2D eigenvalue weighted by Crippen LogP contribution is 2.27. The summed E-state index contributed by atoms with van der Waals surface area (Å²) in [5.74, 6) is 0. The minimum Gasteiger partial charge on any atom is -0.310 e. The summed E-state index contributed by atoms with van der Waals surface area (Å²) in [5, 5.41) is 3.31. The molecular formula is C13H18BrN. The summed E-state index contributed by atoms with van der Waals surface area (Å²) in [6.07, 6.45) is 2.24. The lowest BCUT2D eigenvalue weighted by atomic mass is 10.0. The minimum absolute atomic E-state index is 0.282. The molecule has 0 aromatic heterocycles. The second-order valence-electron chi connectivity index (χ2n) is 3.99. The average molecular weight is 268 g/mol. The Balaban J connectivity index is 3.13. The van der Waals surface area contributed by atoms with E-state index in [0.29, 0.717) is 0 Å². The molecule has 2 heteroatoms. The van der Waals surface area contributed by atoms with E-state index in [1.807, 2.05) is 7.05 Å². The van der Waals surface area contributed by atoms with Gasteiger partial charge < -0.3 is 5.32 Å². The fourth-order valence-electron chi connectivity index (χ4n) is 1.57. The first-order valence-electron chi connectivity index (χ1n) is 5.13. The zero-order valence-corrected chi connectivity index (χ0v) is 11.4. The van der Waals surface area contributed by atoms with E-state index in [2.05, 4.69) is 66.3 Å². The van der Waals surface area contributed by atoms with E-state index in [-0.39, 0.29) is 6.04 Å². The van der Waals surface area contributed by atoms with Gasteiger partial charge in [0.25, 0.3) is 0 Å². The number of rotatable bonds is 3. The third kappa shape index (κ3) is 3.18. The maximum absolute atomic E-state index is 3.64. The summed E-state index contributed by atoms with van der Waals surface area (Å²) in [6, 6.07) is 6.64. The van der Waals surface area contributed by atoms with Crippen LogP contribution in [0.4, 0.5) is 0 Å². The molecule has 0 spiro atoms. The molecule has 1 unspecified atom stereocenters. The van der Waals surface area contributed by atoms with E-state index >= 15 is 0 Å². The molecule has 0 radical (unpaired) electrons. The molecule has 0 aliphatic carbocycles. The van der Waals surface area contributed by atoms with Gasteiger partial charge in [-0.3, -0.25) is 0 Å². The molecule has 1 atom stereocenters. The zero-order chi connectivity index (χ0) is 11.4. The van der Waals surface area contributed by atoms with Crippen molar-refractivity contribution in [3.05, 3.63) is 45.4 Å². The summed E-state index contributed by atoms with van der Waals surface area (Å²) >= 11 is 3.64. The van der Waals surface area contributed by atoms with E-state index < -0.39 is 0 Å².